The fourth-order valence-corrected chi connectivity index (χ4v) is 2.53. The summed E-state index contributed by atoms with van der Waals surface area (Å²) in [5.74, 6) is 1.61. The molecule has 1 aromatic rings. The van der Waals surface area contributed by atoms with Gasteiger partial charge in [-0.2, -0.15) is 0 Å². The van der Waals surface area contributed by atoms with Gasteiger partial charge in [0, 0.05) is 12.3 Å². The van der Waals surface area contributed by atoms with E-state index in [1.54, 1.807) is 0 Å². The molecular weight excluding hydrogens is 238 g/mol. The first-order valence-electron chi connectivity index (χ1n) is 7.24. The number of piperidine rings is 1. The summed E-state index contributed by atoms with van der Waals surface area (Å²) in [4.78, 5) is 12.1. The molecule has 0 spiro atoms. The number of carbonyl (C=O) groups excluding carboxylic acids is 1. The van der Waals surface area contributed by atoms with E-state index in [2.05, 4.69) is 17.4 Å². The van der Waals surface area contributed by atoms with E-state index < -0.39 is 0 Å². The highest BCUT2D eigenvalue weighted by Crippen LogP contribution is 2.17. The zero-order valence-corrected chi connectivity index (χ0v) is 11.7. The number of hydrogen-bond acceptors (Lipinski definition) is 3. The average molecular weight is 261 g/mol. The Morgan fingerprint density at radius 1 is 1.26 bits per heavy atom. The van der Waals surface area contributed by atoms with Crippen molar-refractivity contribution in [1.82, 2.24) is 5.32 Å². The monoisotopic (exact) mass is 261 g/mol. The van der Waals surface area contributed by atoms with Crippen molar-refractivity contribution in [3.63, 3.8) is 0 Å². The molecule has 0 saturated carbocycles. The number of ether oxygens (including phenoxy) is 1. The topological polar surface area (TPSA) is 38.3 Å². The van der Waals surface area contributed by atoms with Crippen LogP contribution in [0.25, 0.3) is 0 Å². The van der Waals surface area contributed by atoms with Crippen molar-refractivity contribution in [1.29, 1.82) is 0 Å². The van der Waals surface area contributed by atoms with Gasteiger partial charge in [-0.1, -0.05) is 12.1 Å². The Labute approximate surface area is 115 Å². The number of hydrogen-bond donors (Lipinski definition) is 1. The van der Waals surface area contributed by atoms with Crippen molar-refractivity contribution in [3.8, 4) is 5.75 Å². The van der Waals surface area contributed by atoms with E-state index in [1.807, 2.05) is 19.1 Å². The first-order chi connectivity index (χ1) is 9.29. The number of Topliss-reactive ketones (excluding diaryl/α,β-unsaturated/α-hetero) is 1. The fraction of sp³-hybridized carbons (Fsp3) is 0.562. The normalized spacial score (nSPS) is 16.3. The lowest BCUT2D eigenvalue weighted by molar-refractivity contribution is -0.123. The molecule has 1 saturated heterocycles. The maximum Gasteiger partial charge on any atom is 0.136 e. The molecule has 0 radical (unpaired) electrons. The molecule has 2 rings (SSSR count). The molecule has 0 aromatic heterocycles. The zero-order valence-electron chi connectivity index (χ0n) is 11.7. The van der Waals surface area contributed by atoms with E-state index in [0.29, 0.717) is 18.8 Å². The summed E-state index contributed by atoms with van der Waals surface area (Å²) in [5.41, 5.74) is 1.21. The van der Waals surface area contributed by atoms with Gasteiger partial charge in [-0.15, -0.1) is 0 Å². The van der Waals surface area contributed by atoms with Crippen LogP contribution in [0.1, 0.15) is 31.7 Å². The summed E-state index contributed by atoms with van der Waals surface area (Å²) in [7, 11) is 0. The molecule has 1 aromatic carbocycles. The van der Waals surface area contributed by atoms with Crippen LogP contribution in [0.2, 0.25) is 0 Å². The molecule has 1 fully saturated rings. The van der Waals surface area contributed by atoms with Crippen molar-refractivity contribution < 1.29 is 9.53 Å². The van der Waals surface area contributed by atoms with Crippen LogP contribution in [0, 0.1) is 5.92 Å². The van der Waals surface area contributed by atoms with Gasteiger partial charge in [0.25, 0.3) is 0 Å². The minimum absolute atomic E-state index is 0.281. The van der Waals surface area contributed by atoms with Crippen molar-refractivity contribution in [2.24, 2.45) is 5.92 Å². The Morgan fingerprint density at radius 2 is 1.95 bits per heavy atom. The Hall–Kier alpha value is -1.35. The van der Waals surface area contributed by atoms with Crippen LogP contribution in [-0.4, -0.2) is 25.5 Å². The lowest BCUT2D eigenvalue weighted by Crippen LogP contribution is -2.31. The van der Waals surface area contributed by atoms with Gasteiger partial charge in [-0.05, 0) is 57.0 Å². The highest BCUT2D eigenvalue weighted by Gasteiger charge is 2.20. The molecule has 1 aliphatic rings. The summed E-state index contributed by atoms with van der Waals surface area (Å²) in [6.45, 7) is 4.64. The summed E-state index contributed by atoms with van der Waals surface area (Å²) in [6, 6.07) is 8.07. The standard InChI is InChI=1S/C16H23NO2/c1-2-19-15-6-3-13(4-7-15)5-8-16(18)14-9-11-17-12-10-14/h3-4,6-7,14,17H,2,5,8-12H2,1H3. The molecule has 0 bridgehead atoms. The van der Waals surface area contributed by atoms with E-state index in [4.69, 9.17) is 4.74 Å². The third kappa shape index (κ3) is 4.35. The molecule has 1 aliphatic heterocycles. The number of carbonyl (C=O) groups is 1. The van der Waals surface area contributed by atoms with E-state index in [1.165, 1.54) is 5.56 Å². The number of rotatable bonds is 6. The molecule has 1 N–H and O–H groups in total. The molecule has 0 amide bonds. The van der Waals surface area contributed by atoms with Crippen LogP contribution in [-0.2, 0) is 11.2 Å². The van der Waals surface area contributed by atoms with Gasteiger partial charge in [0.05, 0.1) is 6.61 Å². The van der Waals surface area contributed by atoms with Crippen molar-refractivity contribution in [2.45, 2.75) is 32.6 Å². The lowest BCUT2D eigenvalue weighted by atomic mass is 9.90. The third-order valence-corrected chi connectivity index (χ3v) is 3.69. The lowest BCUT2D eigenvalue weighted by Gasteiger charge is -2.21. The summed E-state index contributed by atoms with van der Waals surface area (Å²) in [6.07, 6.45) is 3.51. The van der Waals surface area contributed by atoms with Crippen molar-refractivity contribution in [2.75, 3.05) is 19.7 Å². The van der Waals surface area contributed by atoms with Crippen LogP contribution >= 0.6 is 0 Å². The van der Waals surface area contributed by atoms with E-state index in [0.717, 1.165) is 38.1 Å². The zero-order chi connectivity index (χ0) is 13.5. The number of benzene rings is 1. The Morgan fingerprint density at radius 3 is 2.58 bits per heavy atom. The Bertz CT molecular complexity index is 394. The predicted octanol–water partition coefficient (Wildman–Crippen LogP) is 2.59. The second-order valence-corrected chi connectivity index (χ2v) is 5.07. The molecule has 3 nitrogen and oxygen atoms in total. The average Bonchev–Trinajstić information content (AvgIpc) is 2.47. The van der Waals surface area contributed by atoms with E-state index >= 15 is 0 Å². The van der Waals surface area contributed by atoms with Gasteiger partial charge in [0.15, 0.2) is 0 Å². The molecular formula is C16H23NO2. The van der Waals surface area contributed by atoms with Crippen molar-refractivity contribution in [3.05, 3.63) is 29.8 Å². The second-order valence-electron chi connectivity index (χ2n) is 5.07. The molecule has 19 heavy (non-hydrogen) atoms. The summed E-state index contributed by atoms with van der Waals surface area (Å²) in [5, 5.41) is 3.30. The maximum absolute atomic E-state index is 12.1. The van der Waals surface area contributed by atoms with Gasteiger partial charge in [0.2, 0.25) is 0 Å². The molecule has 1 heterocycles. The first kappa shape index (κ1) is 14.1. The number of ketones is 1. The molecule has 0 unspecified atom stereocenters. The van der Waals surface area contributed by atoms with Crippen LogP contribution in [0.3, 0.4) is 0 Å². The minimum Gasteiger partial charge on any atom is -0.494 e. The highest BCUT2D eigenvalue weighted by atomic mass is 16.5. The summed E-state index contributed by atoms with van der Waals surface area (Å²) >= 11 is 0. The van der Waals surface area contributed by atoms with Gasteiger partial charge >= 0.3 is 0 Å². The largest absolute Gasteiger partial charge is 0.494 e. The van der Waals surface area contributed by atoms with Crippen LogP contribution in [0.4, 0.5) is 0 Å². The highest BCUT2D eigenvalue weighted by molar-refractivity contribution is 5.81. The summed E-state index contributed by atoms with van der Waals surface area (Å²) < 4.78 is 5.41. The van der Waals surface area contributed by atoms with Crippen LogP contribution < -0.4 is 10.1 Å². The van der Waals surface area contributed by atoms with Gasteiger partial charge in [-0.25, -0.2) is 0 Å². The van der Waals surface area contributed by atoms with Crippen LogP contribution in [0.5, 0.6) is 5.75 Å². The Kier molecular flexibility index (Phi) is 5.40. The van der Waals surface area contributed by atoms with E-state index in [9.17, 15) is 4.79 Å². The third-order valence-electron chi connectivity index (χ3n) is 3.69. The second kappa shape index (κ2) is 7.29. The predicted molar refractivity (Wildman–Crippen MR) is 76.5 cm³/mol. The first-order valence-corrected chi connectivity index (χ1v) is 7.24. The maximum atomic E-state index is 12.1. The quantitative estimate of drug-likeness (QED) is 0.855. The number of nitrogens with one attached hydrogen (secondary N) is 1. The van der Waals surface area contributed by atoms with Gasteiger partial charge < -0.3 is 10.1 Å². The van der Waals surface area contributed by atoms with Gasteiger partial charge in [-0.3, -0.25) is 4.79 Å². The van der Waals surface area contributed by atoms with Crippen LogP contribution in [0.15, 0.2) is 24.3 Å². The SMILES string of the molecule is CCOc1ccc(CCC(=O)C2CCNCC2)cc1. The van der Waals surface area contributed by atoms with Gasteiger partial charge in [0.1, 0.15) is 11.5 Å². The molecule has 0 atom stereocenters. The van der Waals surface area contributed by atoms with Crippen molar-refractivity contribution >= 4 is 5.78 Å². The molecule has 0 aliphatic carbocycles. The molecule has 104 valence electrons. The number of aryl methyl sites for hydroxylation is 1. The van der Waals surface area contributed by atoms with E-state index in [-0.39, 0.29) is 5.92 Å². The fourth-order valence-electron chi connectivity index (χ4n) is 2.53. The minimum atomic E-state index is 0.281. The molecule has 3 heteroatoms. The smallest absolute Gasteiger partial charge is 0.136 e. The Balaban J connectivity index is 1.79.